The number of hydrogen-bond acceptors (Lipinski definition) is 2. The molecule has 0 fully saturated rings. The van der Waals surface area contributed by atoms with E-state index in [4.69, 9.17) is 9.47 Å². The normalized spacial score (nSPS) is 16.1. The number of hydrogen-bond donors (Lipinski definition) is 0. The molecule has 6 rings (SSSR count). The third-order valence-electron chi connectivity index (χ3n) is 9.11. The van der Waals surface area contributed by atoms with E-state index in [0.717, 1.165) is 6.42 Å². The van der Waals surface area contributed by atoms with E-state index in [1.165, 1.54) is 61.2 Å². The lowest BCUT2D eigenvalue weighted by Crippen LogP contribution is -2.37. The number of rotatable bonds is 8. The van der Waals surface area contributed by atoms with Crippen LogP contribution in [0.5, 0.6) is 0 Å². The highest BCUT2D eigenvalue weighted by molar-refractivity contribution is 6.96. The van der Waals surface area contributed by atoms with Crippen molar-refractivity contribution in [2.75, 3.05) is 14.2 Å². The van der Waals surface area contributed by atoms with Gasteiger partial charge in [0, 0.05) is 19.8 Å². The van der Waals surface area contributed by atoms with Crippen molar-refractivity contribution in [1.29, 1.82) is 0 Å². The maximum atomic E-state index is 5.33. The van der Waals surface area contributed by atoms with Gasteiger partial charge in [-0.05, 0) is 75.9 Å². The summed E-state index contributed by atoms with van der Waals surface area (Å²) in [5.41, 5.74) is 17.0. The highest BCUT2D eigenvalue weighted by atomic mass is 28.3. The van der Waals surface area contributed by atoms with Gasteiger partial charge in [0.25, 0.3) is 0 Å². The van der Waals surface area contributed by atoms with E-state index < -0.39 is 8.07 Å². The molecule has 41 heavy (non-hydrogen) atoms. The fraction of sp³-hybridized carbons (Fsp3) is 0.263. The molecule has 2 aliphatic carbocycles. The molecule has 0 spiro atoms. The van der Waals surface area contributed by atoms with E-state index in [-0.39, 0.29) is 0 Å². The Morgan fingerprint density at radius 2 is 1.22 bits per heavy atom. The first-order valence-electron chi connectivity index (χ1n) is 14.6. The minimum absolute atomic E-state index is 0.457. The lowest BCUT2D eigenvalue weighted by atomic mass is 9.95. The van der Waals surface area contributed by atoms with Crippen LogP contribution < -0.4 is 0 Å². The molecule has 0 radical (unpaired) electrons. The second kappa shape index (κ2) is 11.1. The summed E-state index contributed by atoms with van der Waals surface area (Å²) in [7, 11) is 1.52. The van der Waals surface area contributed by atoms with Crippen molar-refractivity contribution in [3.63, 3.8) is 0 Å². The van der Waals surface area contributed by atoms with Crippen LogP contribution in [0.4, 0.5) is 0 Å². The molecule has 4 aromatic carbocycles. The van der Waals surface area contributed by atoms with Crippen LogP contribution in [-0.4, -0.2) is 22.3 Å². The zero-order chi connectivity index (χ0) is 28.7. The molecule has 1 atom stereocenters. The fourth-order valence-corrected chi connectivity index (χ4v) is 12.2. The van der Waals surface area contributed by atoms with Crippen LogP contribution in [0, 0.1) is 0 Å². The summed E-state index contributed by atoms with van der Waals surface area (Å²) < 4.78 is 10.7. The smallest absolute Gasteiger partial charge is 0.0930 e. The van der Waals surface area contributed by atoms with Crippen molar-refractivity contribution >= 4 is 19.3 Å². The summed E-state index contributed by atoms with van der Waals surface area (Å²) in [4.78, 5) is 0. The van der Waals surface area contributed by atoms with Crippen LogP contribution in [0.3, 0.4) is 0 Å². The van der Waals surface area contributed by atoms with E-state index in [2.05, 4.69) is 118 Å². The molecule has 208 valence electrons. The molecule has 2 nitrogen and oxygen atoms in total. The minimum atomic E-state index is -1.97. The Hall–Kier alpha value is -3.50. The van der Waals surface area contributed by atoms with E-state index in [1.54, 1.807) is 25.0 Å². The first-order chi connectivity index (χ1) is 19.8. The standard InChI is InChI=1S/C38H40O2Si/c1-25-21-35-31(29-17-13-27(14-18-29)23-39-3)9-7-11-33(35)37(25)41(5,6)38-26(2)22-36-32(10-8-12-34(36)38)30-19-15-28(16-20-30)24-40-4/h7-21,37H,22-24H2,1-6H3. The first-order valence-corrected chi connectivity index (χ1v) is 17.7. The Kier molecular flexibility index (Phi) is 7.46. The van der Waals surface area contributed by atoms with Crippen LogP contribution in [0.1, 0.15) is 52.8 Å². The molecule has 3 heteroatoms. The lowest BCUT2D eigenvalue weighted by Gasteiger charge is -2.35. The van der Waals surface area contributed by atoms with Crippen LogP contribution in [0.2, 0.25) is 13.1 Å². The molecule has 1 unspecified atom stereocenters. The molecule has 0 saturated heterocycles. The van der Waals surface area contributed by atoms with Gasteiger partial charge in [0.2, 0.25) is 0 Å². The van der Waals surface area contributed by atoms with Crippen LogP contribution >= 0.6 is 0 Å². The Morgan fingerprint density at radius 1 is 0.683 bits per heavy atom. The molecular formula is C38H40O2Si. The number of benzene rings is 4. The van der Waals surface area contributed by atoms with Crippen molar-refractivity contribution < 1.29 is 9.47 Å². The summed E-state index contributed by atoms with van der Waals surface area (Å²) in [5, 5.41) is 1.64. The van der Waals surface area contributed by atoms with E-state index >= 15 is 0 Å². The maximum Gasteiger partial charge on any atom is 0.0930 e. The van der Waals surface area contributed by atoms with Gasteiger partial charge in [-0.15, -0.1) is 0 Å². The average Bonchev–Trinajstić information content (AvgIpc) is 3.50. The van der Waals surface area contributed by atoms with Crippen LogP contribution in [-0.2, 0) is 29.1 Å². The van der Waals surface area contributed by atoms with Crippen molar-refractivity contribution in [3.05, 3.63) is 129 Å². The predicted octanol–water partition coefficient (Wildman–Crippen LogP) is 9.63. The van der Waals surface area contributed by atoms with Gasteiger partial charge in [0.15, 0.2) is 0 Å². The van der Waals surface area contributed by atoms with Crippen molar-refractivity contribution in [2.45, 2.75) is 52.1 Å². The fourth-order valence-electron chi connectivity index (χ4n) is 7.56. The average molecular weight is 557 g/mol. The maximum absolute atomic E-state index is 5.33. The lowest BCUT2D eigenvalue weighted by molar-refractivity contribution is 0.185. The highest BCUT2D eigenvalue weighted by Gasteiger charge is 2.44. The van der Waals surface area contributed by atoms with Gasteiger partial charge in [0.05, 0.1) is 21.3 Å². The van der Waals surface area contributed by atoms with Gasteiger partial charge in [-0.3, -0.25) is 0 Å². The summed E-state index contributed by atoms with van der Waals surface area (Å²) in [6.45, 7) is 11.2. The van der Waals surface area contributed by atoms with Gasteiger partial charge in [-0.2, -0.15) is 0 Å². The topological polar surface area (TPSA) is 18.5 Å². The molecule has 0 heterocycles. The number of ether oxygens (including phenoxy) is 2. The molecule has 0 bridgehead atoms. The van der Waals surface area contributed by atoms with E-state index in [9.17, 15) is 0 Å². The van der Waals surface area contributed by atoms with Gasteiger partial charge >= 0.3 is 0 Å². The third-order valence-corrected chi connectivity index (χ3v) is 13.3. The second-order valence-electron chi connectivity index (χ2n) is 12.3. The van der Waals surface area contributed by atoms with Gasteiger partial charge in [-0.25, -0.2) is 0 Å². The molecule has 0 amide bonds. The third kappa shape index (κ3) is 4.86. The Bertz CT molecular complexity index is 1660. The van der Waals surface area contributed by atoms with Gasteiger partial charge in [0.1, 0.15) is 0 Å². The highest BCUT2D eigenvalue weighted by Crippen LogP contribution is 2.52. The molecule has 0 N–H and O–H groups in total. The van der Waals surface area contributed by atoms with Crippen molar-refractivity contribution in [2.24, 2.45) is 0 Å². The summed E-state index contributed by atoms with van der Waals surface area (Å²) in [6, 6.07) is 31.6. The molecular weight excluding hydrogens is 517 g/mol. The Morgan fingerprint density at radius 3 is 1.83 bits per heavy atom. The number of fused-ring (bicyclic) bond motifs is 2. The van der Waals surface area contributed by atoms with Crippen molar-refractivity contribution in [3.8, 4) is 22.3 Å². The zero-order valence-electron chi connectivity index (χ0n) is 25.2. The molecule has 0 aliphatic heterocycles. The van der Waals surface area contributed by atoms with Crippen LogP contribution in [0.25, 0.3) is 33.5 Å². The second-order valence-corrected chi connectivity index (χ2v) is 16.8. The minimum Gasteiger partial charge on any atom is -0.380 e. The predicted molar refractivity (Wildman–Crippen MR) is 175 cm³/mol. The summed E-state index contributed by atoms with van der Waals surface area (Å²) in [6.07, 6.45) is 3.50. The van der Waals surface area contributed by atoms with E-state index in [0.29, 0.717) is 18.8 Å². The molecule has 4 aromatic rings. The first kappa shape index (κ1) is 27.7. The number of allylic oxidation sites excluding steroid dienone is 2. The van der Waals surface area contributed by atoms with Gasteiger partial charge in [-0.1, -0.05) is 120 Å². The van der Waals surface area contributed by atoms with Gasteiger partial charge < -0.3 is 9.47 Å². The summed E-state index contributed by atoms with van der Waals surface area (Å²) in [5.74, 6) is 0. The molecule has 0 aromatic heterocycles. The summed E-state index contributed by atoms with van der Waals surface area (Å²) >= 11 is 0. The molecule has 2 aliphatic rings. The molecule has 0 saturated carbocycles. The Labute approximate surface area is 246 Å². The zero-order valence-corrected chi connectivity index (χ0v) is 26.2. The SMILES string of the molecule is COCc1ccc(-c2cccc3c2C=C(C)C3[Si](C)(C)C2=C(C)Cc3c2cccc3-c2ccc(COC)cc2)cc1. The quantitative estimate of drug-likeness (QED) is 0.201. The van der Waals surface area contributed by atoms with Crippen LogP contribution in [0.15, 0.2) is 96.1 Å². The largest absolute Gasteiger partial charge is 0.380 e. The van der Waals surface area contributed by atoms with E-state index in [1.807, 2.05) is 0 Å². The van der Waals surface area contributed by atoms with Crippen molar-refractivity contribution in [1.82, 2.24) is 0 Å². The monoisotopic (exact) mass is 556 g/mol. The number of methoxy groups -OCH3 is 2. The Balaban J connectivity index is 1.38.